The molecule has 0 bridgehead atoms. The third-order valence-corrected chi connectivity index (χ3v) is 5.58. The van der Waals surface area contributed by atoms with Gasteiger partial charge in [0.2, 0.25) is 15.9 Å². The monoisotopic (exact) mass is 312 g/mol. The molecule has 1 fully saturated rings. The number of aromatic carboxylic acids is 1. The van der Waals surface area contributed by atoms with E-state index >= 15 is 0 Å². The lowest BCUT2D eigenvalue weighted by Gasteiger charge is -2.32. The maximum Gasteiger partial charge on any atom is 0.335 e. The van der Waals surface area contributed by atoms with Crippen LogP contribution in [0.1, 0.15) is 22.8 Å². The number of nitrogens with zero attached hydrogens (tertiary/aromatic N) is 1. The second-order valence-corrected chi connectivity index (χ2v) is 6.73. The number of hydrogen-bond acceptors (Lipinski definition) is 4. The molecule has 0 aliphatic carbocycles. The fourth-order valence-corrected chi connectivity index (χ4v) is 4.07. The summed E-state index contributed by atoms with van der Waals surface area (Å²) in [6, 6.07) is 3.11. The largest absolute Gasteiger partial charge is 0.478 e. The Morgan fingerprint density at radius 1 is 1.43 bits per heavy atom. The number of sulfonamides is 1. The molecule has 7 nitrogen and oxygen atoms in total. The number of carboxylic acid groups (broad SMARTS) is 1. The highest BCUT2D eigenvalue weighted by Crippen LogP contribution is 2.24. The van der Waals surface area contributed by atoms with Crippen LogP contribution in [0.5, 0.6) is 0 Å². The van der Waals surface area contributed by atoms with Crippen LogP contribution in [0, 0.1) is 6.92 Å². The van der Waals surface area contributed by atoms with Gasteiger partial charge in [0.05, 0.1) is 10.5 Å². The topological polar surface area (TPSA) is 104 Å². The summed E-state index contributed by atoms with van der Waals surface area (Å²) in [7, 11) is -3.92. The first-order chi connectivity index (χ1) is 9.75. The Morgan fingerprint density at radius 3 is 2.71 bits per heavy atom. The van der Waals surface area contributed by atoms with E-state index in [1.807, 2.05) is 0 Å². The Hall–Kier alpha value is -1.93. The Balaban J connectivity index is 2.51. The zero-order valence-corrected chi connectivity index (χ0v) is 12.5. The Bertz CT molecular complexity index is 699. The van der Waals surface area contributed by atoms with Gasteiger partial charge in [-0.2, -0.15) is 4.31 Å². The summed E-state index contributed by atoms with van der Waals surface area (Å²) >= 11 is 0. The smallest absolute Gasteiger partial charge is 0.335 e. The predicted octanol–water partition coefficient (Wildman–Crippen LogP) is 0.202. The Kier molecular flexibility index (Phi) is 4.02. The second kappa shape index (κ2) is 5.45. The molecule has 1 aromatic rings. The van der Waals surface area contributed by atoms with Gasteiger partial charge in [-0.3, -0.25) is 4.79 Å². The van der Waals surface area contributed by atoms with Gasteiger partial charge in [0.15, 0.2) is 0 Å². The van der Waals surface area contributed by atoms with Crippen molar-refractivity contribution in [3.05, 3.63) is 29.3 Å². The van der Waals surface area contributed by atoms with Gasteiger partial charge in [-0.25, -0.2) is 13.2 Å². The lowest BCUT2D eigenvalue weighted by molar-refractivity contribution is -0.126. The van der Waals surface area contributed by atoms with Gasteiger partial charge in [0.25, 0.3) is 0 Å². The fourth-order valence-electron chi connectivity index (χ4n) is 2.23. The van der Waals surface area contributed by atoms with Crippen LogP contribution in [0.2, 0.25) is 0 Å². The van der Waals surface area contributed by atoms with Crippen molar-refractivity contribution >= 4 is 21.9 Å². The van der Waals surface area contributed by atoms with Crippen molar-refractivity contribution in [2.24, 2.45) is 0 Å². The van der Waals surface area contributed by atoms with E-state index in [-0.39, 0.29) is 29.5 Å². The molecule has 0 saturated carbocycles. The quantitative estimate of drug-likeness (QED) is 0.830. The lowest BCUT2D eigenvalue weighted by atomic mass is 10.1. The average molecular weight is 312 g/mol. The van der Waals surface area contributed by atoms with E-state index in [4.69, 9.17) is 5.11 Å². The molecule has 1 unspecified atom stereocenters. The Morgan fingerprint density at radius 2 is 2.10 bits per heavy atom. The molecule has 2 N–H and O–H groups in total. The predicted molar refractivity (Wildman–Crippen MR) is 74.5 cm³/mol. The van der Waals surface area contributed by atoms with Gasteiger partial charge >= 0.3 is 5.97 Å². The van der Waals surface area contributed by atoms with E-state index in [1.54, 1.807) is 6.92 Å². The maximum absolute atomic E-state index is 12.7. The molecule has 1 atom stereocenters. The minimum absolute atomic E-state index is 0.0797. The van der Waals surface area contributed by atoms with Crippen molar-refractivity contribution in [1.82, 2.24) is 9.62 Å². The maximum atomic E-state index is 12.7. The van der Waals surface area contributed by atoms with E-state index in [1.165, 1.54) is 19.1 Å². The molecule has 1 saturated heterocycles. The number of nitrogens with one attached hydrogen (secondary N) is 1. The van der Waals surface area contributed by atoms with Crippen LogP contribution in [0.15, 0.2) is 23.1 Å². The van der Waals surface area contributed by atoms with Gasteiger partial charge in [-0.15, -0.1) is 0 Å². The van der Waals surface area contributed by atoms with Crippen LogP contribution in [0.4, 0.5) is 0 Å². The molecule has 2 rings (SSSR count). The van der Waals surface area contributed by atoms with Crippen LogP contribution in [-0.2, 0) is 14.8 Å². The highest BCUT2D eigenvalue weighted by molar-refractivity contribution is 7.89. The molecule has 1 amide bonds. The molecule has 8 heteroatoms. The zero-order chi connectivity index (χ0) is 15.8. The fraction of sp³-hybridized carbons (Fsp3) is 0.385. The van der Waals surface area contributed by atoms with Crippen LogP contribution < -0.4 is 5.32 Å². The summed E-state index contributed by atoms with van der Waals surface area (Å²) in [6.07, 6.45) is 0. The van der Waals surface area contributed by atoms with Crippen molar-refractivity contribution in [2.75, 3.05) is 13.1 Å². The number of amides is 1. The van der Waals surface area contributed by atoms with Crippen molar-refractivity contribution < 1.29 is 23.1 Å². The number of rotatable bonds is 3. The third kappa shape index (κ3) is 2.77. The number of piperazine rings is 1. The second-order valence-electron chi connectivity index (χ2n) is 4.87. The molecule has 0 radical (unpaired) electrons. The van der Waals surface area contributed by atoms with Gasteiger partial charge < -0.3 is 10.4 Å². The van der Waals surface area contributed by atoms with Crippen molar-refractivity contribution in [3.63, 3.8) is 0 Å². The average Bonchev–Trinajstić information content (AvgIpc) is 2.41. The van der Waals surface area contributed by atoms with Gasteiger partial charge in [-0.1, -0.05) is 6.07 Å². The number of benzene rings is 1. The number of carbonyl (C=O) groups is 2. The molecule has 1 aromatic carbocycles. The van der Waals surface area contributed by atoms with Crippen LogP contribution in [0.3, 0.4) is 0 Å². The van der Waals surface area contributed by atoms with Gasteiger partial charge in [-0.05, 0) is 31.5 Å². The van der Waals surface area contributed by atoms with Crippen molar-refractivity contribution in [2.45, 2.75) is 24.8 Å². The highest BCUT2D eigenvalue weighted by atomic mass is 32.2. The first-order valence-corrected chi connectivity index (χ1v) is 7.82. The molecular formula is C13H16N2O5S. The van der Waals surface area contributed by atoms with Crippen molar-refractivity contribution in [3.8, 4) is 0 Å². The van der Waals surface area contributed by atoms with Crippen LogP contribution >= 0.6 is 0 Å². The molecule has 0 spiro atoms. The highest BCUT2D eigenvalue weighted by Gasteiger charge is 2.36. The standard InChI is InChI=1S/C13H16N2O5S/c1-8-3-4-10(13(17)18)7-11(8)21(19,20)15-6-5-14-12(16)9(15)2/h3-4,7,9H,5-6H2,1-2H3,(H,14,16)(H,17,18). The summed E-state index contributed by atoms with van der Waals surface area (Å²) in [5, 5.41) is 11.6. The number of carboxylic acids is 1. The Labute approximate surface area is 122 Å². The van der Waals surface area contributed by atoms with Crippen LogP contribution in [0.25, 0.3) is 0 Å². The number of carbonyl (C=O) groups excluding carboxylic acids is 1. The molecule has 1 heterocycles. The SMILES string of the molecule is Cc1ccc(C(=O)O)cc1S(=O)(=O)N1CCNC(=O)C1C. The molecule has 0 aromatic heterocycles. The summed E-state index contributed by atoms with van der Waals surface area (Å²) in [6.45, 7) is 3.49. The van der Waals surface area contributed by atoms with Gasteiger partial charge in [0.1, 0.15) is 6.04 Å². The minimum atomic E-state index is -3.92. The lowest BCUT2D eigenvalue weighted by Crippen LogP contribution is -2.55. The summed E-state index contributed by atoms with van der Waals surface area (Å²) in [5.41, 5.74) is 0.339. The van der Waals surface area contributed by atoms with E-state index in [0.29, 0.717) is 5.56 Å². The summed E-state index contributed by atoms with van der Waals surface area (Å²) in [5.74, 6) is -1.56. The normalized spacial score (nSPS) is 20.1. The number of aryl methyl sites for hydroxylation is 1. The summed E-state index contributed by atoms with van der Waals surface area (Å²) < 4.78 is 26.5. The van der Waals surface area contributed by atoms with Gasteiger partial charge in [0, 0.05) is 13.1 Å². The number of hydrogen-bond donors (Lipinski definition) is 2. The molecule has 1 aliphatic heterocycles. The zero-order valence-electron chi connectivity index (χ0n) is 11.7. The molecule has 114 valence electrons. The van der Waals surface area contributed by atoms with E-state index in [2.05, 4.69) is 5.32 Å². The van der Waals surface area contributed by atoms with E-state index in [0.717, 1.165) is 10.4 Å². The molecule has 21 heavy (non-hydrogen) atoms. The summed E-state index contributed by atoms with van der Waals surface area (Å²) in [4.78, 5) is 22.6. The molecule has 1 aliphatic rings. The third-order valence-electron chi connectivity index (χ3n) is 3.46. The van der Waals surface area contributed by atoms with Crippen LogP contribution in [-0.4, -0.2) is 48.8 Å². The molecular weight excluding hydrogens is 296 g/mol. The van der Waals surface area contributed by atoms with E-state index in [9.17, 15) is 18.0 Å². The van der Waals surface area contributed by atoms with Crippen molar-refractivity contribution in [1.29, 1.82) is 0 Å². The first kappa shape index (κ1) is 15.5. The minimum Gasteiger partial charge on any atom is -0.478 e. The first-order valence-electron chi connectivity index (χ1n) is 6.38. The van der Waals surface area contributed by atoms with E-state index < -0.39 is 22.0 Å².